The zero-order valence-corrected chi connectivity index (χ0v) is 10.3. The van der Waals surface area contributed by atoms with E-state index in [0.717, 1.165) is 24.8 Å². The topological polar surface area (TPSA) is 46.5 Å². The quantitative estimate of drug-likeness (QED) is 0.584. The predicted octanol–water partition coefficient (Wildman–Crippen LogP) is 3.06. The maximum atomic E-state index is 11.3. The first-order chi connectivity index (χ1) is 8.22. The van der Waals surface area contributed by atoms with E-state index < -0.39 is 0 Å². The number of unbranched alkanes of at least 4 members (excludes halogenated alkanes) is 2. The first kappa shape index (κ1) is 13.6. The molecule has 0 saturated carbocycles. The Hall–Kier alpha value is -1.51. The van der Waals surface area contributed by atoms with Crippen LogP contribution in [-0.2, 0) is 16.0 Å². The van der Waals surface area contributed by atoms with Crippen molar-refractivity contribution < 1.29 is 14.6 Å². The second-order valence-corrected chi connectivity index (χ2v) is 4.09. The Balaban J connectivity index is 2.14. The molecule has 1 aromatic rings. The number of aromatic hydroxyl groups is 1. The monoisotopic (exact) mass is 236 g/mol. The van der Waals surface area contributed by atoms with Gasteiger partial charge in [0.2, 0.25) is 0 Å². The van der Waals surface area contributed by atoms with Gasteiger partial charge < -0.3 is 9.84 Å². The van der Waals surface area contributed by atoms with Crippen LogP contribution in [0.5, 0.6) is 5.75 Å². The predicted molar refractivity (Wildman–Crippen MR) is 66.9 cm³/mol. The number of rotatable bonds is 7. The van der Waals surface area contributed by atoms with E-state index >= 15 is 0 Å². The van der Waals surface area contributed by atoms with Crippen molar-refractivity contribution in [2.45, 2.75) is 39.0 Å². The highest BCUT2D eigenvalue weighted by Crippen LogP contribution is 2.10. The molecular weight excluding hydrogens is 216 g/mol. The van der Waals surface area contributed by atoms with Gasteiger partial charge in [0.05, 0.1) is 6.61 Å². The van der Waals surface area contributed by atoms with E-state index in [-0.39, 0.29) is 11.7 Å². The number of benzene rings is 1. The molecule has 17 heavy (non-hydrogen) atoms. The maximum Gasteiger partial charge on any atom is 0.305 e. The Morgan fingerprint density at radius 3 is 2.59 bits per heavy atom. The highest BCUT2D eigenvalue weighted by atomic mass is 16.5. The molecule has 3 heteroatoms. The zero-order chi connectivity index (χ0) is 12.5. The molecule has 0 unspecified atom stereocenters. The van der Waals surface area contributed by atoms with Gasteiger partial charge in [0, 0.05) is 12.8 Å². The molecule has 0 aromatic heterocycles. The van der Waals surface area contributed by atoms with E-state index in [0.29, 0.717) is 19.4 Å². The molecule has 1 aromatic carbocycles. The van der Waals surface area contributed by atoms with Crippen LogP contribution in [0.25, 0.3) is 0 Å². The van der Waals surface area contributed by atoms with Crippen LogP contribution in [0.1, 0.15) is 38.2 Å². The summed E-state index contributed by atoms with van der Waals surface area (Å²) in [4.78, 5) is 11.3. The third kappa shape index (κ3) is 5.95. The number of phenolic OH excluding ortho intramolecular Hbond substituents is 1. The molecule has 1 rings (SSSR count). The molecule has 0 aliphatic carbocycles. The first-order valence-corrected chi connectivity index (χ1v) is 6.16. The van der Waals surface area contributed by atoms with Crippen LogP contribution < -0.4 is 0 Å². The van der Waals surface area contributed by atoms with Crippen LogP contribution >= 0.6 is 0 Å². The lowest BCUT2D eigenvalue weighted by molar-refractivity contribution is -0.143. The first-order valence-electron chi connectivity index (χ1n) is 6.16. The maximum absolute atomic E-state index is 11.3. The Labute approximate surface area is 102 Å². The average Bonchev–Trinajstić information content (AvgIpc) is 2.32. The van der Waals surface area contributed by atoms with E-state index in [4.69, 9.17) is 9.84 Å². The second-order valence-electron chi connectivity index (χ2n) is 4.09. The van der Waals surface area contributed by atoms with E-state index in [1.165, 1.54) is 0 Å². The third-order valence-electron chi connectivity index (χ3n) is 2.57. The van der Waals surface area contributed by atoms with Crippen LogP contribution in [0, 0.1) is 0 Å². The molecule has 0 atom stereocenters. The van der Waals surface area contributed by atoms with Crippen molar-refractivity contribution in [3.63, 3.8) is 0 Å². The molecule has 0 spiro atoms. The van der Waals surface area contributed by atoms with Gasteiger partial charge in [-0.3, -0.25) is 4.79 Å². The lowest BCUT2D eigenvalue weighted by Gasteiger charge is -2.04. The van der Waals surface area contributed by atoms with Crippen molar-refractivity contribution in [1.29, 1.82) is 0 Å². The third-order valence-corrected chi connectivity index (χ3v) is 2.57. The van der Waals surface area contributed by atoms with Crippen molar-refractivity contribution in [3.05, 3.63) is 29.8 Å². The Bertz CT molecular complexity index is 330. The van der Waals surface area contributed by atoms with Crippen LogP contribution in [0.3, 0.4) is 0 Å². The molecule has 0 saturated heterocycles. The summed E-state index contributed by atoms with van der Waals surface area (Å²) in [5, 5.41) is 9.11. The number of phenols is 1. The van der Waals surface area contributed by atoms with E-state index in [9.17, 15) is 4.79 Å². The summed E-state index contributed by atoms with van der Waals surface area (Å²) in [6.07, 6.45) is 4.31. The molecule has 0 fully saturated rings. The van der Waals surface area contributed by atoms with Crippen molar-refractivity contribution in [3.8, 4) is 5.75 Å². The lowest BCUT2D eigenvalue weighted by Crippen LogP contribution is -2.07. The fourth-order valence-corrected chi connectivity index (χ4v) is 1.54. The lowest BCUT2D eigenvalue weighted by atomic mass is 10.1. The van der Waals surface area contributed by atoms with Crippen LogP contribution in [0.4, 0.5) is 0 Å². The van der Waals surface area contributed by atoms with Gasteiger partial charge in [0.15, 0.2) is 0 Å². The molecule has 0 amide bonds. The van der Waals surface area contributed by atoms with Gasteiger partial charge in [-0.25, -0.2) is 0 Å². The van der Waals surface area contributed by atoms with Gasteiger partial charge >= 0.3 is 5.97 Å². The fraction of sp³-hybridized carbons (Fsp3) is 0.500. The molecular formula is C14H20O3. The van der Waals surface area contributed by atoms with Gasteiger partial charge in [0.25, 0.3) is 0 Å². The Kier molecular flexibility index (Phi) is 6.15. The molecule has 0 aliphatic rings. The number of hydrogen-bond acceptors (Lipinski definition) is 3. The van der Waals surface area contributed by atoms with Gasteiger partial charge in [-0.1, -0.05) is 31.9 Å². The van der Waals surface area contributed by atoms with Crippen LogP contribution in [0.2, 0.25) is 0 Å². The summed E-state index contributed by atoms with van der Waals surface area (Å²) in [6.45, 7) is 2.52. The Morgan fingerprint density at radius 1 is 1.24 bits per heavy atom. The van der Waals surface area contributed by atoms with Crippen molar-refractivity contribution in [2.24, 2.45) is 0 Å². The minimum absolute atomic E-state index is 0.114. The van der Waals surface area contributed by atoms with Gasteiger partial charge in [-0.15, -0.1) is 0 Å². The summed E-state index contributed by atoms with van der Waals surface area (Å²) < 4.78 is 5.12. The van der Waals surface area contributed by atoms with Crippen molar-refractivity contribution >= 4 is 5.97 Å². The summed E-state index contributed by atoms with van der Waals surface area (Å²) in [7, 11) is 0. The van der Waals surface area contributed by atoms with Crippen molar-refractivity contribution in [1.82, 2.24) is 0 Å². The molecule has 0 aliphatic heterocycles. The van der Waals surface area contributed by atoms with Crippen LogP contribution in [-0.4, -0.2) is 17.7 Å². The van der Waals surface area contributed by atoms with Crippen LogP contribution in [0.15, 0.2) is 24.3 Å². The summed E-state index contributed by atoms with van der Waals surface area (Å²) in [6, 6.07) is 6.94. The number of carbonyl (C=O) groups is 1. The minimum Gasteiger partial charge on any atom is -0.508 e. The molecule has 3 nitrogen and oxygen atoms in total. The SMILES string of the molecule is CCCCCC(=O)OCCc1ccc(O)cc1. The highest BCUT2D eigenvalue weighted by Gasteiger charge is 2.02. The van der Waals surface area contributed by atoms with Gasteiger partial charge in [-0.05, 0) is 24.1 Å². The summed E-state index contributed by atoms with van der Waals surface area (Å²) >= 11 is 0. The van der Waals surface area contributed by atoms with E-state index in [1.54, 1.807) is 12.1 Å². The molecule has 94 valence electrons. The smallest absolute Gasteiger partial charge is 0.305 e. The van der Waals surface area contributed by atoms with Gasteiger partial charge in [0.1, 0.15) is 5.75 Å². The molecule has 1 N–H and O–H groups in total. The number of hydrogen-bond donors (Lipinski definition) is 1. The second kappa shape index (κ2) is 7.71. The largest absolute Gasteiger partial charge is 0.508 e. The number of carbonyl (C=O) groups excluding carboxylic acids is 1. The standard InChI is InChI=1S/C14H20O3/c1-2-3-4-5-14(16)17-11-10-12-6-8-13(15)9-7-12/h6-9,15H,2-5,10-11H2,1H3. The van der Waals surface area contributed by atoms with Gasteiger partial charge in [-0.2, -0.15) is 0 Å². The molecule has 0 bridgehead atoms. The average molecular weight is 236 g/mol. The Morgan fingerprint density at radius 2 is 1.94 bits per heavy atom. The van der Waals surface area contributed by atoms with E-state index in [1.807, 2.05) is 12.1 Å². The number of ether oxygens (including phenoxy) is 1. The highest BCUT2D eigenvalue weighted by molar-refractivity contribution is 5.69. The minimum atomic E-state index is -0.114. The van der Waals surface area contributed by atoms with E-state index in [2.05, 4.69) is 6.92 Å². The number of esters is 1. The molecule has 0 radical (unpaired) electrons. The summed E-state index contributed by atoms with van der Waals surface area (Å²) in [5.74, 6) is 0.141. The normalized spacial score (nSPS) is 10.2. The zero-order valence-electron chi connectivity index (χ0n) is 10.3. The summed E-state index contributed by atoms with van der Waals surface area (Å²) in [5.41, 5.74) is 1.06. The van der Waals surface area contributed by atoms with Crippen molar-refractivity contribution in [2.75, 3.05) is 6.61 Å². The fourth-order valence-electron chi connectivity index (χ4n) is 1.54. The molecule has 0 heterocycles.